The lowest BCUT2D eigenvalue weighted by atomic mass is 10.1. The minimum atomic E-state index is -0.702. The summed E-state index contributed by atoms with van der Waals surface area (Å²) < 4.78 is 31.5. The Hall–Kier alpha value is -3.99. The van der Waals surface area contributed by atoms with E-state index < -0.39 is 17.7 Å². The van der Waals surface area contributed by atoms with E-state index in [1.807, 2.05) is 18.4 Å². The summed E-state index contributed by atoms with van der Waals surface area (Å²) in [6, 6.07) is 6.07. The van der Waals surface area contributed by atoms with Crippen LogP contribution in [0.15, 0.2) is 36.7 Å². The summed E-state index contributed by atoms with van der Waals surface area (Å²) in [7, 11) is 0. The number of hydrogen-bond acceptors (Lipinski definition) is 7. The number of aryl methyl sites for hydroxylation is 1. The second-order valence-corrected chi connectivity index (χ2v) is 8.76. The molecule has 180 valence electrons. The molecule has 11 heteroatoms. The molecule has 1 aliphatic rings. The molecule has 5 rings (SSSR count). The fraction of sp³-hybridized carbons (Fsp3) is 0.292. The number of fused-ring (bicyclic) bond motifs is 1. The Kier molecular flexibility index (Phi) is 5.64. The first-order valence-electron chi connectivity index (χ1n) is 11.1. The van der Waals surface area contributed by atoms with Gasteiger partial charge in [0, 0.05) is 30.9 Å². The first-order valence-corrected chi connectivity index (χ1v) is 11.1. The van der Waals surface area contributed by atoms with Gasteiger partial charge in [0.15, 0.2) is 11.6 Å². The van der Waals surface area contributed by atoms with Crippen LogP contribution >= 0.6 is 0 Å². The molecule has 1 fully saturated rings. The average Bonchev–Trinajstić information content (AvgIpc) is 3.15. The maximum absolute atomic E-state index is 14.9. The first-order chi connectivity index (χ1) is 16.7. The molecule has 1 amide bonds. The van der Waals surface area contributed by atoms with Crippen LogP contribution in [0.25, 0.3) is 22.3 Å². The smallest absolute Gasteiger partial charge is 0.255 e. The number of nitrogens with one attached hydrogen (secondary N) is 1. The van der Waals surface area contributed by atoms with Gasteiger partial charge in [0.2, 0.25) is 5.95 Å². The molecule has 0 spiro atoms. The van der Waals surface area contributed by atoms with Crippen LogP contribution in [0.4, 0.5) is 20.5 Å². The zero-order valence-corrected chi connectivity index (χ0v) is 19.3. The molecule has 9 nitrogen and oxygen atoms in total. The van der Waals surface area contributed by atoms with Gasteiger partial charge in [0.05, 0.1) is 23.4 Å². The highest BCUT2D eigenvalue weighted by molar-refractivity contribution is 5.94. The van der Waals surface area contributed by atoms with Crippen molar-refractivity contribution in [1.82, 2.24) is 29.4 Å². The lowest BCUT2D eigenvalue weighted by Gasteiger charge is -2.35. The molecular formula is C24H23F2N7O2. The van der Waals surface area contributed by atoms with Gasteiger partial charge in [-0.25, -0.2) is 28.7 Å². The Morgan fingerprint density at radius 2 is 1.89 bits per heavy atom. The summed E-state index contributed by atoms with van der Waals surface area (Å²) in [6.07, 6.45) is 1.92. The van der Waals surface area contributed by atoms with E-state index in [9.17, 15) is 18.7 Å². The Morgan fingerprint density at radius 3 is 2.54 bits per heavy atom. The number of rotatable bonds is 5. The largest absolute Gasteiger partial charge is 0.389 e. The van der Waals surface area contributed by atoms with Gasteiger partial charge >= 0.3 is 0 Å². The minimum Gasteiger partial charge on any atom is -0.389 e. The summed E-state index contributed by atoms with van der Waals surface area (Å²) in [5.41, 5.74) is 1.34. The topological polar surface area (TPSA) is 109 Å². The Bertz CT molecular complexity index is 1430. The Labute approximate surface area is 199 Å². The number of halogens is 2. The molecule has 0 saturated carbocycles. The van der Waals surface area contributed by atoms with E-state index in [4.69, 9.17) is 0 Å². The van der Waals surface area contributed by atoms with Crippen LogP contribution in [0.3, 0.4) is 0 Å². The number of amides is 1. The number of pyridine rings is 1. The number of benzene rings is 1. The number of aliphatic hydroxyl groups excluding tert-OH is 1. The van der Waals surface area contributed by atoms with Crippen molar-refractivity contribution in [2.75, 3.05) is 18.4 Å². The summed E-state index contributed by atoms with van der Waals surface area (Å²) in [6.45, 7) is 6.32. The molecule has 2 N–H and O–H groups in total. The van der Waals surface area contributed by atoms with E-state index in [2.05, 4.69) is 25.3 Å². The Balaban J connectivity index is 1.43. The lowest BCUT2D eigenvalue weighted by molar-refractivity contribution is 0.00587. The predicted molar refractivity (Wildman–Crippen MR) is 125 cm³/mol. The second-order valence-electron chi connectivity index (χ2n) is 8.76. The normalized spacial score (nSPS) is 14.0. The van der Waals surface area contributed by atoms with Crippen molar-refractivity contribution < 1.29 is 18.7 Å². The van der Waals surface area contributed by atoms with Crippen molar-refractivity contribution >= 4 is 28.7 Å². The second kappa shape index (κ2) is 8.66. The number of carbonyl (C=O) groups is 1. The molecule has 0 aliphatic carbocycles. The van der Waals surface area contributed by atoms with Crippen LogP contribution in [0, 0.1) is 18.6 Å². The van der Waals surface area contributed by atoms with Crippen molar-refractivity contribution in [2.24, 2.45) is 0 Å². The molecule has 0 radical (unpaired) electrons. The number of imidazole rings is 1. The average molecular weight is 479 g/mol. The molecule has 1 saturated heterocycles. The van der Waals surface area contributed by atoms with Crippen LogP contribution in [0.2, 0.25) is 0 Å². The first kappa shape index (κ1) is 22.8. The van der Waals surface area contributed by atoms with Crippen molar-refractivity contribution in [3.63, 3.8) is 0 Å². The maximum atomic E-state index is 14.9. The molecule has 4 aromatic rings. The number of aromatic nitrogens is 5. The van der Waals surface area contributed by atoms with E-state index in [0.29, 0.717) is 35.8 Å². The van der Waals surface area contributed by atoms with Gasteiger partial charge in [-0.05, 0) is 45.0 Å². The Morgan fingerprint density at radius 1 is 1.11 bits per heavy atom. The van der Waals surface area contributed by atoms with Gasteiger partial charge in [-0.1, -0.05) is 0 Å². The molecule has 0 bridgehead atoms. The van der Waals surface area contributed by atoms with Gasteiger partial charge in [0.1, 0.15) is 22.9 Å². The zero-order chi connectivity index (χ0) is 24.9. The molecule has 1 aliphatic heterocycles. The van der Waals surface area contributed by atoms with E-state index >= 15 is 0 Å². The molecule has 35 heavy (non-hydrogen) atoms. The van der Waals surface area contributed by atoms with Crippen LogP contribution in [-0.2, 0) is 0 Å². The highest BCUT2D eigenvalue weighted by Crippen LogP contribution is 2.30. The number of anilines is 2. The summed E-state index contributed by atoms with van der Waals surface area (Å²) in [5, 5.41) is 12.2. The third-order valence-electron chi connectivity index (χ3n) is 5.86. The number of carbonyl (C=O) groups excluding carboxylic acids is 1. The number of likely N-dealkylation sites (tertiary alicyclic amines) is 1. The van der Waals surface area contributed by atoms with Gasteiger partial charge in [-0.3, -0.25) is 4.79 Å². The number of hydrogen-bond donors (Lipinski definition) is 2. The fourth-order valence-electron chi connectivity index (χ4n) is 4.20. The molecule has 1 aromatic carbocycles. The SMILES string of the molecule is Cc1nc2c(F)cc(-c3nc(Nc4ccc(C(=O)N5CC(O)C5)cn4)ncc3F)cc2n1C(C)C. The van der Waals surface area contributed by atoms with Crippen LogP contribution in [0.1, 0.15) is 36.1 Å². The van der Waals surface area contributed by atoms with Crippen LogP contribution in [-0.4, -0.2) is 59.6 Å². The van der Waals surface area contributed by atoms with E-state index in [1.54, 1.807) is 25.1 Å². The third-order valence-corrected chi connectivity index (χ3v) is 5.86. The summed E-state index contributed by atoms with van der Waals surface area (Å²) in [4.78, 5) is 30.6. The lowest BCUT2D eigenvalue weighted by Crippen LogP contribution is -2.53. The van der Waals surface area contributed by atoms with E-state index in [-0.39, 0.29) is 34.7 Å². The minimum absolute atomic E-state index is 0.0363. The van der Waals surface area contributed by atoms with Crippen molar-refractivity contribution in [2.45, 2.75) is 32.9 Å². The van der Waals surface area contributed by atoms with Crippen molar-refractivity contribution in [3.05, 3.63) is 59.7 Å². The summed E-state index contributed by atoms with van der Waals surface area (Å²) >= 11 is 0. The highest BCUT2D eigenvalue weighted by atomic mass is 19.1. The van der Waals surface area contributed by atoms with Crippen LogP contribution in [0.5, 0.6) is 0 Å². The standard InChI is InChI=1S/C24H23F2N7O2/c1-12(2)33-13(3)29-22-17(25)6-15(7-19(22)33)21-18(26)9-28-24(31-21)30-20-5-4-14(8-27-20)23(35)32-10-16(34)11-32/h4-9,12,16,34H,10-11H2,1-3H3,(H,27,28,30,31). The molecule has 4 heterocycles. The fourth-order valence-corrected chi connectivity index (χ4v) is 4.20. The van der Waals surface area contributed by atoms with Gasteiger partial charge in [-0.15, -0.1) is 0 Å². The van der Waals surface area contributed by atoms with Crippen LogP contribution < -0.4 is 5.32 Å². The van der Waals surface area contributed by atoms with Crippen molar-refractivity contribution in [1.29, 1.82) is 0 Å². The van der Waals surface area contributed by atoms with E-state index in [1.165, 1.54) is 17.2 Å². The molecular weight excluding hydrogens is 456 g/mol. The number of nitrogens with zero attached hydrogens (tertiary/aromatic N) is 6. The van der Waals surface area contributed by atoms with Gasteiger partial charge in [-0.2, -0.15) is 0 Å². The van der Waals surface area contributed by atoms with Gasteiger partial charge < -0.3 is 19.9 Å². The summed E-state index contributed by atoms with van der Waals surface area (Å²) in [5.74, 6) is -0.417. The zero-order valence-electron chi connectivity index (χ0n) is 19.3. The number of β-amino-alcohol motifs (C(OH)–C–C–N with tert-alkyl or cyclic N) is 1. The van der Waals surface area contributed by atoms with E-state index in [0.717, 1.165) is 6.20 Å². The monoisotopic (exact) mass is 479 g/mol. The number of aliphatic hydroxyl groups is 1. The van der Waals surface area contributed by atoms with Gasteiger partial charge in [0.25, 0.3) is 5.91 Å². The quantitative estimate of drug-likeness (QED) is 0.450. The third kappa shape index (κ3) is 4.18. The predicted octanol–water partition coefficient (Wildman–Crippen LogP) is 3.62. The van der Waals surface area contributed by atoms with Crippen molar-refractivity contribution in [3.8, 4) is 11.3 Å². The molecule has 0 atom stereocenters. The maximum Gasteiger partial charge on any atom is 0.255 e. The molecule has 3 aromatic heterocycles. The molecule has 0 unspecified atom stereocenters. The highest BCUT2D eigenvalue weighted by Gasteiger charge is 2.29.